The lowest BCUT2D eigenvalue weighted by Crippen LogP contribution is -2.60. The minimum atomic E-state index is -2.07. The van der Waals surface area contributed by atoms with Gasteiger partial charge in [-0.15, -0.1) is 0 Å². The zero-order chi connectivity index (χ0) is 32.9. The fourth-order valence-corrected chi connectivity index (χ4v) is 4.53. The number of benzene rings is 3. The number of hydrogen-bond acceptors (Lipinski definition) is 17. The van der Waals surface area contributed by atoms with Crippen LogP contribution in [0.4, 0.5) is 0 Å². The van der Waals surface area contributed by atoms with E-state index in [-0.39, 0.29) is 5.56 Å². The van der Waals surface area contributed by atoms with Crippen molar-refractivity contribution in [3.8, 4) is 63.1 Å². The van der Waals surface area contributed by atoms with Gasteiger partial charge in [-0.25, -0.2) is 4.79 Å². The summed E-state index contributed by atoms with van der Waals surface area (Å²) in [5.41, 5.74) is -2.26. The molecule has 4 aromatic rings. The van der Waals surface area contributed by atoms with E-state index in [4.69, 9.17) is 18.6 Å². The maximum absolute atomic E-state index is 13.6. The first-order chi connectivity index (χ1) is 21.2. The Labute approximate surface area is 249 Å². The summed E-state index contributed by atoms with van der Waals surface area (Å²) in [4.78, 5) is 26.0. The van der Waals surface area contributed by atoms with Crippen LogP contribution in [-0.4, -0.2) is 99.5 Å². The molecule has 238 valence electrons. The van der Waals surface area contributed by atoms with Gasteiger partial charge < -0.3 is 74.8 Å². The highest BCUT2D eigenvalue weighted by Gasteiger charge is 2.46. The van der Waals surface area contributed by atoms with Crippen LogP contribution >= 0.6 is 0 Å². The second-order valence-electron chi connectivity index (χ2n) is 9.88. The Kier molecular flexibility index (Phi) is 7.86. The maximum atomic E-state index is 13.6. The van der Waals surface area contributed by atoms with Crippen LogP contribution in [-0.2, 0) is 9.47 Å². The standard InChI is InChI=1S/C28H24O17/c29-10-5-11(30)18-16(6-10)43-25(8-1-12(31)19(35)13(32)2-8)26(22(18)38)45-28-24(40)23(39)21(37)17(44-28)7-42-27(41)9-3-14(33)20(36)15(34)4-9/h1-6,17,21,23-24,28-37,39-40H,7H2/t17-,21-,23?,24?,28+/m1/s1. The molecule has 1 saturated heterocycles. The van der Waals surface area contributed by atoms with Crippen molar-refractivity contribution >= 4 is 16.9 Å². The lowest BCUT2D eigenvalue weighted by atomic mass is 9.99. The van der Waals surface area contributed by atoms with E-state index < -0.39 is 123 Å². The summed E-state index contributed by atoms with van der Waals surface area (Å²) >= 11 is 0. The summed E-state index contributed by atoms with van der Waals surface area (Å²) in [6, 6.07) is 5.02. The second-order valence-corrected chi connectivity index (χ2v) is 9.88. The lowest BCUT2D eigenvalue weighted by Gasteiger charge is -2.39. The van der Waals surface area contributed by atoms with Gasteiger partial charge in [-0.2, -0.15) is 0 Å². The molecule has 2 heterocycles. The average molecular weight is 632 g/mol. The molecule has 0 radical (unpaired) electrons. The number of phenols is 8. The van der Waals surface area contributed by atoms with Crippen molar-refractivity contribution < 1.29 is 79.6 Å². The molecule has 17 nitrogen and oxygen atoms in total. The molecule has 17 heteroatoms. The molecular weight excluding hydrogens is 608 g/mol. The van der Waals surface area contributed by atoms with Gasteiger partial charge >= 0.3 is 5.97 Å². The predicted octanol–water partition coefficient (Wildman–Crippen LogP) is 0.148. The van der Waals surface area contributed by atoms with Crippen LogP contribution in [0.5, 0.6) is 51.7 Å². The molecule has 5 atom stereocenters. The summed E-state index contributed by atoms with van der Waals surface area (Å²) in [5.74, 6) is -9.11. The van der Waals surface area contributed by atoms with Gasteiger partial charge in [0.05, 0.1) is 5.56 Å². The van der Waals surface area contributed by atoms with E-state index in [9.17, 15) is 65.8 Å². The molecule has 1 aliphatic rings. The Balaban J connectivity index is 1.50. The van der Waals surface area contributed by atoms with E-state index in [1.807, 2.05) is 0 Å². The maximum Gasteiger partial charge on any atom is 0.338 e. The van der Waals surface area contributed by atoms with E-state index in [1.54, 1.807) is 0 Å². The molecule has 11 N–H and O–H groups in total. The number of carbonyl (C=O) groups excluding carboxylic acids is 1. The van der Waals surface area contributed by atoms with Gasteiger partial charge in [0.1, 0.15) is 53.5 Å². The molecule has 0 aliphatic carbocycles. The summed E-state index contributed by atoms with van der Waals surface area (Å²) in [6.07, 6.45) is -9.67. The fourth-order valence-electron chi connectivity index (χ4n) is 4.53. The van der Waals surface area contributed by atoms with Gasteiger partial charge in [-0.3, -0.25) is 4.79 Å². The number of rotatable bonds is 6. The number of aliphatic hydroxyl groups is 3. The number of hydrogen-bond donors (Lipinski definition) is 11. The van der Waals surface area contributed by atoms with Gasteiger partial charge in [-0.05, 0) is 24.3 Å². The third-order valence-corrected chi connectivity index (χ3v) is 6.84. The van der Waals surface area contributed by atoms with Crippen molar-refractivity contribution in [1.29, 1.82) is 0 Å². The minimum absolute atomic E-state index is 0.295. The lowest BCUT2D eigenvalue weighted by molar-refractivity contribution is -0.277. The number of phenolic OH excluding ortho intramolecular Hbond substituents is 8. The van der Waals surface area contributed by atoms with Crippen molar-refractivity contribution in [1.82, 2.24) is 0 Å². The highest BCUT2D eigenvalue weighted by molar-refractivity contribution is 5.91. The van der Waals surface area contributed by atoms with Crippen molar-refractivity contribution in [2.24, 2.45) is 0 Å². The molecule has 0 saturated carbocycles. The first-order valence-electron chi connectivity index (χ1n) is 12.7. The van der Waals surface area contributed by atoms with E-state index in [2.05, 4.69) is 0 Å². The third kappa shape index (κ3) is 5.58. The van der Waals surface area contributed by atoms with Crippen molar-refractivity contribution in [2.75, 3.05) is 6.61 Å². The molecule has 0 bridgehead atoms. The summed E-state index contributed by atoms with van der Waals surface area (Å²) in [6.45, 7) is -0.828. The van der Waals surface area contributed by atoms with E-state index in [1.165, 1.54) is 0 Å². The first-order valence-corrected chi connectivity index (χ1v) is 12.7. The van der Waals surface area contributed by atoms with Gasteiger partial charge in [-0.1, -0.05) is 0 Å². The van der Waals surface area contributed by atoms with Crippen LogP contribution in [0.2, 0.25) is 0 Å². The number of ether oxygens (including phenoxy) is 3. The third-order valence-electron chi connectivity index (χ3n) is 6.84. The Bertz CT molecular complexity index is 1820. The number of aliphatic hydroxyl groups excluding tert-OH is 3. The molecule has 1 fully saturated rings. The smallest absolute Gasteiger partial charge is 0.338 e. The fraction of sp³-hybridized carbons (Fsp3) is 0.214. The van der Waals surface area contributed by atoms with Crippen molar-refractivity contribution in [3.05, 3.63) is 52.2 Å². The SMILES string of the molecule is O=C(OC[C@H]1O[C@@H](Oc2c(-c3cc(O)c(O)c(O)c3)oc3cc(O)cc(O)c3c2=O)C(O)C(O)[C@@H]1O)c1cc(O)c(O)c(O)c1. The Morgan fingerprint density at radius 2 is 1.31 bits per heavy atom. The number of aromatic hydroxyl groups is 8. The van der Waals surface area contributed by atoms with Crippen LogP contribution in [0.3, 0.4) is 0 Å². The molecule has 2 unspecified atom stereocenters. The largest absolute Gasteiger partial charge is 0.508 e. The molecule has 0 spiro atoms. The van der Waals surface area contributed by atoms with Gasteiger partial charge in [0, 0.05) is 17.7 Å². The Morgan fingerprint density at radius 3 is 1.91 bits per heavy atom. The summed E-state index contributed by atoms with van der Waals surface area (Å²) < 4.78 is 21.8. The molecule has 5 rings (SSSR count). The Hall–Kier alpha value is -5.62. The van der Waals surface area contributed by atoms with E-state index in [0.717, 1.165) is 36.4 Å². The normalized spacial score (nSPS) is 21.4. The molecule has 3 aromatic carbocycles. The zero-order valence-corrected chi connectivity index (χ0v) is 22.4. The quantitative estimate of drug-likeness (QED) is 0.0995. The van der Waals surface area contributed by atoms with Gasteiger partial charge in [0.25, 0.3) is 0 Å². The van der Waals surface area contributed by atoms with Gasteiger partial charge in [0.2, 0.25) is 17.5 Å². The average Bonchev–Trinajstić information content (AvgIpc) is 2.98. The number of esters is 1. The summed E-state index contributed by atoms with van der Waals surface area (Å²) in [5, 5.41) is 110. The van der Waals surface area contributed by atoms with Crippen molar-refractivity contribution in [2.45, 2.75) is 30.7 Å². The minimum Gasteiger partial charge on any atom is -0.508 e. The zero-order valence-electron chi connectivity index (χ0n) is 22.4. The molecule has 1 aliphatic heterocycles. The van der Waals surface area contributed by atoms with Gasteiger partial charge in [0.15, 0.2) is 40.3 Å². The topological polar surface area (TPSA) is 298 Å². The number of carbonyl (C=O) groups is 1. The van der Waals surface area contributed by atoms with Crippen LogP contribution in [0.25, 0.3) is 22.3 Å². The second kappa shape index (κ2) is 11.5. The molecule has 0 amide bonds. The highest BCUT2D eigenvalue weighted by Crippen LogP contribution is 2.43. The Morgan fingerprint density at radius 1 is 0.733 bits per heavy atom. The van der Waals surface area contributed by atoms with Crippen LogP contribution in [0.15, 0.2) is 45.6 Å². The van der Waals surface area contributed by atoms with Crippen LogP contribution in [0, 0.1) is 0 Å². The monoisotopic (exact) mass is 632 g/mol. The first kappa shape index (κ1) is 30.8. The van der Waals surface area contributed by atoms with E-state index >= 15 is 0 Å². The predicted molar refractivity (Wildman–Crippen MR) is 145 cm³/mol. The van der Waals surface area contributed by atoms with Crippen LogP contribution in [0.1, 0.15) is 10.4 Å². The summed E-state index contributed by atoms with van der Waals surface area (Å²) in [7, 11) is 0. The van der Waals surface area contributed by atoms with Crippen LogP contribution < -0.4 is 10.2 Å². The molecule has 45 heavy (non-hydrogen) atoms. The van der Waals surface area contributed by atoms with E-state index in [0.29, 0.717) is 0 Å². The number of fused-ring (bicyclic) bond motifs is 1. The van der Waals surface area contributed by atoms with Crippen molar-refractivity contribution in [3.63, 3.8) is 0 Å². The highest BCUT2D eigenvalue weighted by atomic mass is 16.7. The molecular formula is C28H24O17. The molecule has 1 aromatic heterocycles.